The zero-order chi connectivity index (χ0) is 22.2. The van der Waals surface area contributed by atoms with Crippen molar-refractivity contribution in [3.05, 3.63) is 60.2 Å². The standard InChI is InChI=1S/C26H36N4O2/c1-32-25-13-6-5-11-23(25)29-19-17-28(18-20-29)15-8-14-27-26(31)24-12-7-16-30(24)21-22-9-3-2-4-10-22/h2-6,9-11,13,24H,7-8,12,14-21H2,1H3,(H,27,31). The van der Waals surface area contributed by atoms with Gasteiger partial charge in [0.05, 0.1) is 18.8 Å². The molecule has 2 aromatic carbocycles. The molecule has 1 N–H and O–H groups in total. The largest absolute Gasteiger partial charge is 0.495 e. The fourth-order valence-electron chi connectivity index (χ4n) is 4.87. The van der Waals surface area contributed by atoms with Gasteiger partial charge < -0.3 is 15.0 Å². The van der Waals surface area contributed by atoms with Crippen LogP contribution in [0.4, 0.5) is 5.69 Å². The van der Waals surface area contributed by atoms with E-state index in [9.17, 15) is 4.79 Å². The Morgan fingerprint density at radius 1 is 1.00 bits per heavy atom. The fraction of sp³-hybridized carbons (Fsp3) is 0.500. The third-order valence-corrected chi connectivity index (χ3v) is 6.64. The predicted molar refractivity (Wildman–Crippen MR) is 129 cm³/mol. The highest BCUT2D eigenvalue weighted by Gasteiger charge is 2.30. The molecule has 2 fully saturated rings. The number of benzene rings is 2. The van der Waals surface area contributed by atoms with E-state index in [1.807, 2.05) is 18.2 Å². The number of anilines is 1. The highest BCUT2D eigenvalue weighted by molar-refractivity contribution is 5.82. The van der Waals surface area contributed by atoms with Gasteiger partial charge in [-0.2, -0.15) is 0 Å². The molecule has 0 bridgehead atoms. The maximum absolute atomic E-state index is 12.8. The number of rotatable bonds is 9. The minimum atomic E-state index is 0.0135. The van der Waals surface area contributed by atoms with Crippen molar-refractivity contribution in [1.29, 1.82) is 0 Å². The van der Waals surface area contributed by atoms with Gasteiger partial charge in [-0.05, 0) is 50.0 Å². The summed E-state index contributed by atoms with van der Waals surface area (Å²) in [6.45, 7) is 7.73. The van der Waals surface area contributed by atoms with Gasteiger partial charge in [-0.1, -0.05) is 42.5 Å². The molecule has 1 unspecified atom stereocenters. The fourth-order valence-corrected chi connectivity index (χ4v) is 4.87. The van der Waals surface area contributed by atoms with Crippen molar-refractivity contribution in [3.63, 3.8) is 0 Å². The lowest BCUT2D eigenvalue weighted by atomic mass is 10.1. The quantitative estimate of drug-likeness (QED) is 0.613. The van der Waals surface area contributed by atoms with Gasteiger partial charge in [0.2, 0.25) is 5.91 Å². The molecule has 0 radical (unpaired) electrons. The van der Waals surface area contributed by atoms with Gasteiger partial charge >= 0.3 is 0 Å². The van der Waals surface area contributed by atoms with E-state index in [1.165, 1.54) is 11.3 Å². The average molecular weight is 437 g/mol. The number of amides is 1. The number of para-hydroxylation sites is 2. The second-order valence-electron chi connectivity index (χ2n) is 8.76. The summed E-state index contributed by atoms with van der Waals surface area (Å²) in [6.07, 6.45) is 3.05. The van der Waals surface area contributed by atoms with Crippen molar-refractivity contribution in [3.8, 4) is 5.75 Å². The lowest BCUT2D eigenvalue weighted by molar-refractivity contribution is -0.125. The van der Waals surface area contributed by atoms with E-state index in [2.05, 4.69) is 56.4 Å². The Balaban J connectivity index is 1.15. The van der Waals surface area contributed by atoms with Crippen LogP contribution >= 0.6 is 0 Å². The molecule has 0 aromatic heterocycles. The summed E-state index contributed by atoms with van der Waals surface area (Å²) in [5, 5.41) is 3.20. The first-order chi connectivity index (χ1) is 15.7. The molecule has 1 atom stereocenters. The van der Waals surface area contributed by atoms with Crippen LogP contribution in [-0.2, 0) is 11.3 Å². The highest BCUT2D eigenvalue weighted by atomic mass is 16.5. The van der Waals surface area contributed by atoms with Crippen LogP contribution in [0.2, 0.25) is 0 Å². The number of methoxy groups -OCH3 is 1. The summed E-state index contributed by atoms with van der Waals surface area (Å²) >= 11 is 0. The van der Waals surface area contributed by atoms with Crippen molar-refractivity contribution < 1.29 is 9.53 Å². The summed E-state index contributed by atoms with van der Waals surface area (Å²) in [5.41, 5.74) is 2.46. The molecular weight excluding hydrogens is 400 g/mol. The lowest BCUT2D eigenvalue weighted by Crippen LogP contribution is -2.47. The smallest absolute Gasteiger partial charge is 0.237 e. The Labute approximate surface area is 192 Å². The van der Waals surface area contributed by atoms with Crippen LogP contribution in [0, 0.1) is 0 Å². The highest BCUT2D eigenvalue weighted by Crippen LogP contribution is 2.28. The normalized spacial score (nSPS) is 19.8. The first-order valence-electron chi connectivity index (χ1n) is 11.9. The number of carbonyl (C=O) groups excluding carboxylic acids is 1. The molecule has 2 aromatic rings. The molecule has 2 aliphatic heterocycles. The maximum Gasteiger partial charge on any atom is 0.237 e. The molecule has 0 spiro atoms. The molecule has 0 aliphatic carbocycles. The number of nitrogens with zero attached hydrogens (tertiary/aromatic N) is 3. The van der Waals surface area contributed by atoms with Gasteiger partial charge in [0, 0.05) is 39.3 Å². The number of likely N-dealkylation sites (tertiary alicyclic amines) is 1. The van der Waals surface area contributed by atoms with E-state index in [4.69, 9.17) is 4.74 Å². The van der Waals surface area contributed by atoms with Crippen LogP contribution in [0.3, 0.4) is 0 Å². The van der Waals surface area contributed by atoms with Gasteiger partial charge in [-0.3, -0.25) is 14.6 Å². The number of piperazine rings is 1. The molecule has 32 heavy (non-hydrogen) atoms. The summed E-state index contributed by atoms with van der Waals surface area (Å²) in [5.74, 6) is 1.14. The summed E-state index contributed by atoms with van der Waals surface area (Å²) in [4.78, 5) is 20.0. The molecule has 4 rings (SSSR count). The Hall–Kier alpha value is -2.57. The summed E-state index contributed by atoms with van der Waals surface area (Å²) in [6, 6.07) is 18.7. The number of hydrogen-bond donors (Lipinski definition) is 1. The van der Waals surface area contributed by atoms with Crippen LogP contribution in [0.15, 0.2) is 54.6 Å². The van der Waals surface area contributed by atoms with Gasteiger partial charge in [-0.15, -0.1) is 0 Å². The first-order valence-corrected chi connectivity index (χ1v) is 11.9. The number of nitrogens with one attached hydrogen (secondary N) is 1. The zero-order valence-electron chi connectivity index (χ0n) is 19.2. The molecule has 2 aliphatic rings. The van der Waals surface area contributed by atoms with Crippen LogP contribution in [0.5, 0.6) is 5.75 Å². The summed E-state index contributed by atoms with van der Waals surface area (Å²) in [7, 11) is 1.73. The molecule has 6 nitrogen and oxygen atoms in total. The van der Waals surface area contributed by atoms with Crippen molar-refractivity contribution in [2.45, 2.75) is 31.8 Å². The molecule has 1 amide bonds. The van der Waals surface area contributed by atoms with Gasteiger partial charge in [-0.25, -0.2) is 0 Å². The molecule has 0 saturated carbocycles. The van der Waals surface area contributed by atoms with E-state index in [0.717, 1.165) is 77.4 Å². The molecular formula is C26H36N4O2. The third kappa shape index (κ3) is 5.81. The zero-order valence-corrected chi connectivity index (χ0v) is 19.2. The maximum atomic E-state index is 12.8. The van der Waals surface area contributed by atoms with Crippen molar-refractivity contribution in [1.82, 2.24) is 15.1 Å². The Morgan fingerprint density at radius 3 is 2.53 bits per heavy atom. The SMILES string of the molecule is COc1ccccc1N1CCN(CCCNC(=O)C2CCCN2Cc2ccccc2)CC1. The topological polar surface area (TPSA) is 48.1 Å². The van der Waals surface area contributed by atoms with Gasteiger partial charge in [0.25, 0.3) is 0 Å². The second-order valence-corrected chi connectivity index (χ2v) is 8.76. The van der Waals surface area contributed by atoms with E-state index in [1.54, 1.807) is 7.11 Å². The van der Waals surface area contributed by atoms with Crippen molar-refractivity contribution in [2.24, 2.45) is 0 Å². The van der Waals surface area contributed by atoms with Gasteiger partial charge in [0.15, 0.2) is 0 Å². The summed E-state index contributed by atoms with van der Waals surface area (Å²) < 4.78 is 5.51. The number of hydrogen-bond acceptors (Lipinski definition) is 5. The van der Waals surface area contributed by atoms with Crippen molar-refractivity contribution in [2.75, 3.05) is 57.8 Å². The van der Waals surface area contributed by atoms with Crippen molar-refractivity contribution >= 4 is 11.6 Å². The van der Waals surface area contributed by atoms with Crippen LogP contribution in [0.25, 0.3) is 0 Å². The molecule has 2 saturated heterocycles. The first kappa shape index (κ1) is 22.6. The molecule has 2 heterocycles. The molecule has 6 heteroatoms. The van der Waals surface area contributed by atoms with Gasteiger partial charge in [0.1, 0.15) is 5.75 Å². The van der Waals surface area contributed by atoms with Crippen LogP contribution in [-0.4, -0.2) is 74.7 Å². The van der Waals surface area contributed by atoms with E-state index in [0.29, 0.717) is 0 Å². The van der Waals surface area contributed by atoms with E-state index >= 15 is 0 Å². The van der Waals surface area contributed by atoms with Crippen LogP contribution in [0.1, 0.15) is 24.8 Å². The monoisotopic (exact) mass is 436 g/mol. The lowest BCUT2D eigenvalue weighted by Gasteiger charge is -2.36. The third-order valence-electron chi connectivity index (χ3n) is 6.64. The van der Waals surface area contributed by atoms with Crippen LogP contribution < -0.4 is 15.0 Å². The average Bonchev–Trinajstić information content (AvgIpc) is 3.31. The minimum Gasteiger partial charge on any atom is -0.495 e. The number of ether oxygens (including phenoxy) is 1. The van der Waals surface area contributed by atoms with E-state index < -0.39 is 0 Å². The van der Waals surface area contributed by atoms with E-state index in [-0.39, 0.29) is 11.9 Å². The second kappa shape index (κ2) is 11.3. The number of carbonyl (C=O) groups is 1. The molecule has 172 valence electrons. The Morgan fingerprint density at radius 2 is 1.75 bits per heavy atom. The Bertz CT molecular complexity index is 852. The minimum absolute atomic E-state index is 0.0135. The predicted octanol–water partition coefficient (Wildman–Crippen LogP) is 2.99. The Kier molecular flexibility index (Phi) is 8.02.